The maximum absolute atomic E-state index is 14.1. The normalized spacial score (nSPS) is 34.0. The Kier molecular flexibility index (Phi) is 44.1. The second-order valence-electron chi connectivity index (χ2n) is 33.2. The van der Waals surface area contributed by atoms with E-state index in [2.05, 4.69) is 11.2 Å². The van der Waals surface area contributed by atoms with Crippen molar-refractivity contribution < 1.29 is 262 Å². The Labute approximate surface area is 820 Å². The number of carbonyl (C=O) groups excluding carboxylic acids is 21. The summed E-state index contributed by atoms with van der Waals surface area (Å²) in [7, 11) is 0. The molecular formula is C88H117NO55. The number of esters is 20. The largest absolute Gasteiger partial charge is 0.463 e. The van der Waals surface area contributed by atoms with Crippen molar-refractivity contribution >= 4 is 125 Å². The molecule has 21 rings (SSSR count). The Bertz CT molecular complexity index is 4330. The van der Waals surface area contributed by atoms with Crippen LogP contribution in [0.4, 0.5) is 0 Å². The van der Waals surface area contributed by atoms with Crippen molar-refractivity contribution in [3.8, 4) is 12.3 Å². The summed E-state index contributed by atoms with van der Waals surface area (Å²) in [6, 6.07) is 0. The minimum atomic E-state index is -2.47. The summed E-state index contributed by atoms with van der Waals surface area (Å²) in [6.07, 6.45) is -76.1. The van der Waals surface area contributed by atoms with Gasteiger partial charge in [-0.1, -0.05) is 0 Å². The Morgan fingerprint density at radius 2 is 0.340 bits per heavy atom. The van der Waals surface area contributed by atoms with Gasteiger partial charge in [0.15, 0.2) is 129 Å². The zero-order valence-corrected chi connectivity index (χ0v) is 81.8. The molecular weight excluding hydrogens is 1950 g/mol. The van der Waals surface area contributed by atoms with E-state index in [1.807, 2.05) is 0 Å². The third kappa shape index (κ3) is 34.0. The average molecular weight is 2070 g/mol. The SMILES string of the molecule is C#CCCCC(=O)NC[C@H]1O[C@@H]2O[C@H]3[C@H](OC(C)=O)[C@@H](OC(C)=O)[C@@H](O[C@H]4[C@H](OC(C)=O)[C@@H](OC(C)=O)[C@@H](O[C@H]5[C@H](OC(C)=O)[C@@H](OC(C)=O)[C@@H](O[C@H]6[C@H](OC(C)=O)[C@@H](OC(C)=O)[C@@H](O[C@H]7[C@H](OC(C)=O)[C@@H](OC(C)=O)[C@@H](O[C@H]8[C@H](OC(C)=O)[C@@H](OC(C)=O)[C@@H](O[C@H]1[C@H](OC(C)=O)[C@H]2OC(C)=O)O[C@@H]8COC(C)=O)O[C@@H]7COC(C)=O)O[C@@H]6COC(C)=O)O[C@@H]5COC(C)=O)O[C@@H]4COC(C)=O)O[C@@H]3COC(C)=O. The Morgan fingerprint density at radius 3 is 0.479 bits per heavy atom. The van der Waals surface area contributed by atoms with Gasteiger partial charge in [-0.15, -0.1) is 12.3 Å². The Balaban J connectivity index is 1.53. The Morgan fingerprint density at radius 1 is 0.201 bits per heavy atom. The number of ether oxygens (including phenoxy) is 34. The van der Waals surface area contributed by atoms with Crippen molar-refractivity contribution in [3.63, 3.8) is 0 Å². The lowest BCUT2D eigenvalue weighted by Crippen LogP contribution is -2.70. The van der Waals surface area contributed by atoms with Crippen LogP contribution in [0.5, 0.6) is 0 Å². The molecule has 0 spiro atoms. The summed E-state index contributed by atoms with van der Waals surface area (Å²) in [5.74, 6) is -23.5. The van der Waals surface area contributed by atoms with Gasteiger partial charge in [0.05, 0.1) is 0 Å². The van der Waals surface area contributed by atoms with Crippen LogP contribution >= 0.6 is 0 Å². The zero-order valence-electron chi connectivity index (χ0n) is 81.8. The van der Waals surface area contributed by atoms with Crippen LogP contribution in [-0.2, 0) is 262 Å². The maximum Gasteiger partial charge on any atom is 0.303 e. The van der Waals surface area contributed by atoms with E-state index in [0.29, 0.717) is 0 Å². The molecule has 0 aromatic heterocycles. The molecule has 0 saturated carbocycles. The van der Waals surface area contributed by atoms with E-state index in [9.17, 15) is 101 Å². The lowest BCUT2D eigenvalue weighted by molar-refractivity contribution is -0.396. The van der Waals surface area contributed by atoms with E-state index in [1.54, 1.807) is 0 Å². The standard InChI is InChI=1S/C88H117NO55/c1-22-23-24-25-60(110)89-26-53-61-68(117-39(8)96)75(124-46(15)103)82(131-53)139-62-54(27-111-33(2)90)133-84(77(126-48(17)105)69(62)118-40(9)97)141-64-56(29-113-35(4)92)135-86(79(128-50(19)107)71(64)120-42(11)99)143-66-58(31-115-37(6)94)137-88(81(130-52(21)109)73(66)122-44(13)101)144-67-59(32-116-38(7)95)136-87(80(129-51(20)108)74(67)123-45(14)102)142-65-57(30-114-36(5)93)134-85(78(127-49(18)106)72(65)121-43(12)100)140-63-55(28-112-34(3)91)132-83(138-61)76(125-47(16)104)70(63)119-41(10)98/h1,53-59,61-88H,23-32H2,2-21H3,(H,89,110)/t53-,54-,55-,56-,57-,58-,59-,61-,62-,63-,64-,65-,66-,67-,68+,69+,70+,71+,72+,73+,74+,75-,76-,77-,78-,79-,80-,81-,82-,83-,84-,85-,86-,87-,88-/m1/s1. The predicted molar refractivity (Wildman–Crippen MR) is 448 cm³/mol. The first-order chi connectivity index (χ1) is 67.7. The van der Waals surface area contributed by atoms with Gasteiger partial charge in [0, 0.05) is 158 Å². The second-order valence-corrected chi connectivity index (χ2v) is 33.2. The topological polar surface area (TPSA) is 684 Å². The maximum atomic E-state index is 14.1. The fraction of sp³-hybridized carbons (Fsp3) is 0.739. The molecule has 0 radical (unpaired) electrons. The number of terminal acetylenes is 1. The molecule has 1 N–H and O–H groups in total. The third-order valence-electron chi connectivity index (χ3n) is 21.3. The first-order valence-corrected chi connectivity index (χ1v) is 44.8. The van der Waals surface area contributed by atoms with Crippen LogP contribution in [0.2, 0.25) is 0 Å². The highest BCUT2D eigenvalue weighted by molar-refractivity contribution is 5.76. The zero-order chi connectivity index (χ0) is 107. The van der Waals surface area contributed by atoms with Gasteiger partial charge in [0.1, 0.15) is 125 Å². The highest BCUT2D eigenvalue weighted by atomic mass is 16.8. The second kappa shape index (κ2) is 54.2. The molecule has 0 aliphatic carbocycles. The molecule has 21 aliphatic rings. The van der Waals surface area contributed by atoms with E-state index in [4.69, 9.17) is 167 Å². The molecule has 804 valence electrons. The summed E-state index contributed by atoms with van der Waals surface area (Å²) >= 11 is 0. The van der Waals surface area contributed by atoms with Crippen LogP contribution in [0.3, 0.4) is 0 Å². The lowest BCUT2D eigenvalue weighted by Gasteiger charge is -2.52. The van der Waals surface area contributed by atoms with Gasteiger partial charge < -0.3 is 166 Å². The van der Waals surface area contributed by atoms with E-state index >= 15 is 0 Å². The van der Waals surface area contributed by atoms with Crippen LogP contribution in [0.1, 0.15) is 158 Å². The van der Waals surface area contributed by atoms with Gasteiger partial charge in [-0.05, 0) is 6.42 Å². The van der Waals surface area contributed by atoms with Crippen molar-refractivity contribution in [2.45, 2.75) is 373 Å². The minimum Gasteiger partial charge on any atom is -0.463 e. The molecule has 21 aliphatic heterocycles. The van der Waals surface area contributed by atoms with Crippen molar-refractivity contribution in [2.75, 3.05) is 46.2 Å². The van der Waals surface area contributed by atoms with Crippen LogP contribution in [-0.4, -0.2) is 386 Å². The number of rotatable bonds is 31. The van der Waals surface area contributed by atoms with Gasteiger partial charge >= 0.3 is 119 Å². The van der Waals surface area contributed by atoms with Crippen LogP contribution < -0.4 is 5.32 Å². The molecule has 14 bridgehead atoms. The highest BCUT2D eigenvalue weighted by Crippen LogP contribution is 2.45. The van der Waals surface area contributed by atoms with E-state index < -0.39 is 386 Å². The molecule has 1 amide bonds. The molecule has 21 fully saturated rings. The van der Waals surface area contributed by atoms with Crippen molar-refractivity contribution in [1.82, 2.24) is 5.32 Å². The number of unbranched alkanes of at least 4 members (excludes halogenated alkanes) is 1. The number of hydrogen-bond acceptors (Lipinski definition) is 55. The molecule has 56 nitrogen and oxygen atoms in total. The van der Waals surface area contributed by atoms with Crippen LogP contribution in [0.25, 0.3) is 0 Å². The summed E-state index contributed by atoms with van der Waals surface area (Å²) in [5, 5.41) is 2.60. The number of nitrogens with one attached hydrogen (secondary N) is 1. The number of hydrogen-bond donors (Lipinski definition) is 1. The number of carbonyl (C=O) groups is 21. The molecule has 56 heteroatoms. The predicted octanol–water partition coefficient (Wildman–Crippen LogP) is -2.89. The molecule has 144 heavy (non-hydrogen) atoms. The summed E-state index contributed by atoms with van der Waals surface area (Å²) in [4.78, 5) is 289. The monoisotopic (exact) mass is 2070 g/mol. The molecule has 0 aromatic carbocycles. The first kappa shape index (κ1) is 117. The molecule has 0 unspecified atom stereocenters. The van der Waals surface area contributed by atoms with Gasteiger partial charge in [0.25, 0.3) is 0 Å². The lowest BCUT2D eigenvalue weighted by atomic mass is 9.94. The van der Waals surface area contributed by atoms with E-state index in [1.165, 1.54) is 0 Å². The smallest absolute Gasteiger partial charge is 0.303 e. The van der Waals surface area contributed by atoms with Gasteiger partial charge in [0.2, 0.25) is 5.91 Å². The summed E-state index contributed by atoms with van der Waals surface area (Å²) in [6.45, 7) is 8.87. The Hall–Kier alpha value is -12.1. The van der Waals surface area contributed by atoms with Crippen molar-refractivity contribution in [2.24, 2.45) is 0 Å². The molecule has 21 heterocycles. The fourth-order valence-electron chi connectivity index (χ4n) is 16.5. The third-order valence-corrected chi connectivity index (χ3v) is 21.3. The van der Waals surface area contributed by atoms with Crippen LogP contribution in [0, 0.1) is 12.3 Å². The van der Waals surface area contributed by atoms with Gasteiger partial charge in [-0.25, -0.2) is 0 Å². The molecule has 35 atom stereocenters. The van der Waals surface area contributed by atoms with E-state index in [-0.39, 0.29) is 19.3 Å². The van der Waals surface area contributed by atoms with E-state index in [0.717, 1.165) is 138 Å². The quantitative estimate of drug-likeness (QED) is 0.0315. The van der Waals surface area contributed by atoms with Crippen molar-refractivity contribution in [3.05, 3.63) is 0 Å². The molecule has 0 aromatic rings. The molecule has 21 saturated heterocycles. The fourth-order valence-corrected chi connectivity index (χ4v) is 16.5. The van der Waals surface area contributed by atoms with Crippen LogP contribution in [0.15, 0.2) is 0 Å². The summed E-state index contributed by atoms with van der Waals surface area (Å²) < 4.78 is 210. The number of amides is 1. The van der Waals surface area contributed by atoms with Gasteiger partial charge in [-0.3, -0.25) is 101 Å². The summed E-state index contributed by atoms with van der Waals surface area (Å²) in [5.41, 5.74) is 0. The minimum absolute atomic E-state index is 0.0254. The van der Waals surface area contributed by atoms with Gasteiger partial charge in [-0.2, -0.15) is 0 Å². The first-order valence-electron chi connectivity index (χ1n) is 44.8. The average Bonchev–Trinajstić information content (AvgIpc) is 0.761. The van der Waals surface area contributed by atoms with Crippen molar-refractivity contribution in [1.29, 1.82) is 0 Å². The highest BCUT2D eigenvalue weighted by Gasteiger charge is 2.66.